The van der Waals surface area contributed by atoms with Crippen LogP contribution >= 0.6 is 11.6 Å². The van der Waals surface area contributed by atoms with Crippen LogP contribution in [0.5, 0.6) is 0 Å². The molecule has 1 saturated heterocycles. The minimum atomic E-state index is -0.436. The van der Waals surface area contributed by atoms with Crippen LogP contribution in [0.4, 0.5) is 4.79 Å². The Morgan fingerprint density at radius 3 is 2.56 bits per heavy atom. The fourth-order valence-corrected chi connectivity index (χ4v) is 2.28. The molecule has 1 fully saturated rings. The molecule has 1 aliphatic heterocycles. The molecule has 1 unspecified atom stereocenters. The van der Waals surface area contributed by atoms with Crippen molar-refractivity contribution in [3.05, 3.63) is 0 Å². The molecule has 1 rings (SSSR count). The summed E-state index contributed by atoms with van der Waals surface area (Å²) in [6, 6.07) is -0.401. The third-order valence-corrected chi connectivity index (χ3v) is 3.12. The lowest BCUT2D eigenvalue weighted by molar-refractivity contribution is -0.119. The summed E-state index contributed by atoms with van der Waals surface area (Å²) in [7, 11) is 0. The maximum Gasteiger partial charge on any atom is 0.321 e. The van der Waals surface area contributed by atoms with Gasteiger partial charge >= 0.3 is 6.03 Å². The number of piperidine rings is 1. The molecule has 18 heavy (non-hydrogen) atoms. The SMILES string of the molecule is CC(CN1CCCCC1)NC(=O)NC(=O)CCCl. The highest BCUT2D eigenvalue weighted by atomic mass is 35.5. The first-order chi connectivity index (χ1) is 8.61. The standard InChI is InChI=1S/C12H22ClN3O2/c1-10(9-16-7-3-2-4-8-16)14-12(18)15-11(17)5-6-13/h10H,2-9H2,1H3,(H2,14,15,17,18). The van der Waals surface area contributed by atoms with Gasteiger partial charge in [0.15, 0.2) is 0 Å². The zero-order valence-corrected chi connectivity index (χ0v) is 11.6. The Morgan fingerprint density at radius 1 is 1.28 bits per heavy atom. The molecule has 5 nitrogen and oxygen atoms in total. The smallest absolute Gasteiger partial charge is 0.321 e. The van der Waals surface area contributed by atoms with Crippen LogP contribution in [0.2, 0.25) is 0 Å². The molecule has 6 heteroatoms. The second-order valence-corrected chi connectivity index (χ2v) is 5.10. The number of amides is 3. The van der Waals surface area contributed by atoms with Gasteiger partial charge < -0.3 is 10.2 Å². The number of nitrogens with zero attached hydrogens (tertiary/aromatic N) is 1. The molecule has 0 aromatic carbocycles. The number of rotatable bonds is 5. The number of hydrogen-bond donors (Lipinski definition) is 2. The van der Waals surface area contributed by atoms with Gasteiger partial charge in [-0.1, -0.05) is 6.42 Å². The van der Waals surface area contributed by atoms with E-state index in [1.54, 1.807) is 0 Å². The Kier molecular flexibility index (Phi) is 7.05. The van der Waals surface area contributed by atoms with Crippen LogP contribution in [0.15, 0.2) is 0 Å². The lowest BCUT2D eigenvalue weighted by Gasteiger charge is -2.29. The fraction of sp³-hybridized carbons (Fsp3) is 0.833. The fourth-order valence-electron chi connectivity index (χ4n) is 2.11. The van der Waals surface area contributed by atoms with Crippen molar-refractivity contribution in [3.63, 3.8) is 0 Å². The largest absolute Gasteiger partial charge is 0.334 e. The third-order valence-electron chi connectivity index (χ3n) is 2.93. The quantitative estimate of drug-likeness (QED) is 0.744. The lowest BCUT2D eigenvalue weighted by atomic mass is 10.1. The van der Waals surface area contributed by atoms with Crippen LogP contribution in [0.1, 0.15) is 32.6 Å². The van der Waals surface area contributed by atoms with Crippen molar-refractivity contribution in [3.8, 4) is 0 Å². The van der Waals surface area contributed by atoms with Gasteiger partial charge in [0.05, 0.1) is 0 Å². The molecule has 0 bridgehead atoms. The van der Waals surface area contributed by atoms with Crippen molar-refractivity contribution in [1.29, 1.82) is 0 Å². The molecule has 1 heterocycles. The van der Waals surface area contributed by atoms with Gasteiger partial charge in [0.25, 0.3) is 0 Å². The highest BCUT2D eigenvalue weighted by Gasteiger charge is 2.15. The number of imide groups is 1. The van der Waals surface area contributed by atoms with Gasteiger partial charge in [-0.2, -0.15) is 0 Å². The predicted molar refractivity (Wildman–Crippen MR) is 71.8 cm³/mol. The Bertz CT molecular complexity index is 280. The number of hydrogen-bond acceptors (Lipinski definition) is 3. The van der Waals surface area contributed by atoms with E-state index in [9.17, 15) is 9.59 Å². The van der Waals surface area contributed by atoms with Crippen molar-refractivity contribution in [1.82, 2.24) is 15.5 Å². The number of carbonyl (C=O) groups excluding carboxylic acids is 2. The summed E-state index contributed by atoms with van der Waals surface area (Å²) in [5, 5.41) is 5.02. The van der Waals surface area contributed by atoms with E-state index >= 15 is 0 Å². The Labute approximate surface area is 113 Å². The molecule has 104 valence electrons. The van der Waals surface area contributed by atoms with E-state index in [4.69, 9.17) is 11.6 Å². The van der Waals surface area contributed by atoms with Crippen molar-refractivity contribution in [2.24, 2.45) is 0 Å². The average molecular weight is 276 g/mol. The van der Waals surface area contributed by atoms with Gasteiger partial charge in [0.2, 0.25) is 5.91 Å². The zero-order valence-electron chi connectivity index (χ0n) is 10.9. The van der Waals surface area contributed by atoms with Gasteiger partial charge in [-0.3, -0.25) is 10.1 Å². The molecular formula is C12H22ClN3O2. The van der Waals surface area contributed by atoms with Gasteiger partial charge in [0, 0.05) is 24.9 Å². The summed E-state index contributed by atoms with van der Waals surface area (Å²) in [6.45, 7) is 4.97. The van der Waals surface area contributed by atoms with E-state index in [0.717, 1.165) is 19.6 Å². The van der Waals surface area contributed by atoms with Crippen molar-refractivity contribution in [2.45, 2.75) is 38.6 Å². The number of likely N-dealkylation sites (tertiary alicyclic amines) is 1. The Balaban J connectivity index is 2.19. The van der Waals surface area contributed by atoms with Crippen LogP contribution in [0.25, 0.3) is 0 Å². The van der Waals surface area contributed by atoms with Crippen LogP contribution in [0.3, 0.4) is 0 Å². The van der Waals surface area contributed by atoms with Crippen LogP contribution in [0, 0.1) is 0 Å². The Morgan fingerprint density at radius 2 is 1.94 bits per heavy atom. The topological polar surface area (TPSA) is 61.4 Å². The van der Waals surface area contributed by atoms with Crippen molar-refractivity contribution >= 4 is 23.5 Å². The third kappa shape index (κ3) is 6.21. The summed E-state index contributed by atoms with van der Waals surface area (Å²) in [5.41, 5.74) is 0. The molecule has 0 saturated carbocycles. The summed E-state index contributed by atoms with van der Waals surface area (Å²) in [6.07, 6.45) is 3.92. The normalized spacial score (nSPS) is 18.1. The summed E-state index contributed by atoms with van der Waals surface area (Å²) >= 11 is 5.42. The first-order valence-electron chi connectivity index (χ1n) is 6.50. The first-order valence-corrected chi connectivity index (χ1v) is 7.04. The van der Waals surface area contributed by atoms with Gasteiger partial charge in [-0.25, -0.2) is 4.79 Å². The molecule has 0 radical (unpaired) electrons. The maximum atomic E-state index is 11.5. The summed E-state index contributed by atoms with van der Waals surface area (Å²) in [5.74, 6) is -0.115. The highest BCUT2D eigenvalue weighted by Crippen LogP contribution is 2.08. The summed E-state index contributed by atoms with van der Waals surface area (Å²) < 4.78 is 0. The predicted octanol–water partition coefficient (Wildman–Crippen LogP) is 1.32. The van der Waals surface area contributed by atoms with Gasteiger partial charge in [-0.15, -0.1) is 11.6 Å². The van der Waals surface area contributed by atoms with Crippen LogP contribution < -0.4 is 10.6 Å². The van der Waals surface area contributed by atoms with Gasteiger partial charge in [0.1, 0.15) is 0 Å². The molecule has 0 aromatic heterocycles. The van der Waals surface area contributed by atoms with Crippen LogP contribution in [-0.4, -0.2) is 48.4 Å². The maximum absolute atomic E-state index is 11.5. The van der Waals surface area contributed by atoms with E-state index in [1.807, 2.05) is 6.92 Å². The second-order valence-electron chi connectivity index (χ2n) is 4.72. The van der Waals surface area contributed by atoms with E-state index in [-0.39, 0.29) is 24.2 Å². The van der Waals surface area contributed by atoms with Crippen LogP contribution in [-0.2, 0) is 4.79 Å². The molecule has 1 atom stereocenters. The molecule has 2 N–H and O–H groups in total. The number of carbonyl (C=O) groups is 2. The molecular weight excluding hydrogens is 254 g/mol. The minimum absolute atomic E-state index is 0.0342. The lowest BCUT2D eigenvalue weighted by Crippen LogP contribution is -2.48. The monoisotopic (exact) mass is 275 g/mol. The number of halogens is 1. The highest BCUT2D eigenvalue weighted by molar-refractivity contribution is 6.19. The van der Waals surface area contributed by atoms with E-state index in [1.165, 1.54) is 19.3 Å². The summed E-state index contributed by atoms with van der Waals surface area (Å²) in [4.78, 5) is 25.0. The molecule has 0 aliphatic carbocycles. The molecule has 3 amide bonds. The van der Waals surface area contributed by atoms with Gasteiger partial charge in [-0.05, 0) is 32.9 Å². The first kappa shape index (κ1) is 15.2. The van der Waals surface area contributed by atoms with E-state index in [2.05, 4.69) is 15.5 Å². The van der Waals surface area contributed by atoms with Crippen molar-refractivity contribution in [2.75, 3.05) is 25.5 Å². The molecule has 0 spiro atoms. The molecule has 1 aliphatic rings. The number of urea groups is 1. The number of nitrogens with one attached hydrogen (secondary N) is 2. The Hall–Kier alpha value is -0.810. The average Bonchev–Trinajstić information content (AvgIpc) is 2.29. The van der Waals surface area contributed by atoms with Crippen molar-refractivity contribution < 1.29 is 9.59 Å². The van der Waals surface area contributed by atoms with E-state index in [0.29, 0.717) is 0 Å². The van der Waals surface area contributed by atoms with E-state index < -0.39 is 6.03 Å². The molecule has 0 aromatic rings. The number of alkyl halides is 1. The zero-order chi connectivity index (χ0) is 13.4. The minimum Gasteiger partial charge on any atom is -0.334 e. The second kappa shape index (κ2) is 8.32.